The maximum Gasteiger partial charge on any atom is 0.160 e. The molecule has 6 heteroatoms. The molecule has 278 valence electrons. The minimum Gasteiger partial charge on any atom is -0.309 e. The molecule has 0 amide bonds. The number of nitriles is 2. The lowest BCUT2D eigenvalue weighted by Crippen LogP contribution is -2.01. The van der Waals surface area contributed by atoms with Crippen molar-refractivity contribution in [2.75, 3.05) is 0 Å². The van der Waals surface area contributed by atoms with E-state index in [-0.39, 0.29) is 0 Å². The van der Waals surface area contributed by atoms with Crippen LogP contribution in [0.2, 0.25) is 0 Å². The van der Waals surface area contributed by atoms with Crippen LogP contribution >= 0.6 is 0 Å². The van der Waals surface area contributed by atoms with Crippen molar-refractivity contribution in [3.05, 3.63) is 205 Å². The number of aromatic nitrogens is 4. The predicted octanol–water partition coefficient (Wildman–Crippen LogP) is 13.1. The first kappa shape index (κ1) is 34.7. The van der Waals surface area contributed by atoms with E-state index >= 15 is 0 Å². The molecule has 0 unspecified atom stereocenters. The Morgan fingerprint density at radius 2 is 0.883 bits per heavy atom. The minimum absolute atomic E-state index is 0.353. The summed E-state index contributed by atoms with van der Waals surface area (Å²) >= 11 is 0. The van der Waals surface area contributed by atoms with E-state index in [1.54, 1.807) is 0 Å². The number of nitrogens with zero attached hydrogens (tertiary/aromatic N) is 6. The first-order chi connectivity index (χ1) is 29.7. The van der Waals surface area contributed by atoms with Gasteiger partial charge < -0.3 is 9.13 Å². The Morgan fingerprint density at radius 3 is 1.52 bits per heavy atom. The largest absolute Gasteiger partial charge is 0.309 e. The third-order valence-corrected chi connectivity index (χ3v) is 11.4. The number of hydrogen-bond acceptors (Lipinski definition) is 4. The number of rotatable bonds is 6. The lowest BCUT2D eigenvalue weighted by atomic mass is 9.94. The van der Waals surface area contributed by atoms with Gasteiger partial charge in [-0.15, -0.1) is 0 Å². The molecular formula is C54H32N6. The maximum absolute atomic E-state index is 10.7. The Kier molecular flexibility index (Phi) is 8.15. The average Bonchev–Trinajstić information content (AvgIpc) is 3.82. The third kappa shape index (κ3) is 5.56. The molecule has 0 bridgehead atoms. The zero-order valence-corrected chi connectivity index (χ0v) is 32.2. The molecular weight excluding hydrogens is 733 g/mol. The molecule has 8 aromatic carbocycles. The summed E-state index contributed by atoms with van der Waals surface area (Å²) in [6.07, 6.45) is 0. The molecule has 0 atom stereocenters. The van der Waals surface area contributed by atoms with Crippen molar-refractivity contribution in [3.63, 3.8) is 0 Å². The fourth-order valence-electron chi connectivity index (χ4n) is 8.69. The summed E-state index contributed by atoms with van der Waals surface area (Å²) in [6, 6.07) is 70.8. The van der Waals surface area contributed by atoms with E-state index in [9.17, 15) is 10.5 Å². The molecule has 0 aliphatic carbocycles. The zero-order valence-electron chi connectivity index (χ0n) is 32.2. The van der Waals surface area contributed by atoms with Crippen LogP contribution in [0.4, 0.5) is 0 Å². The molecule has 3 aromatic heterocycles. The van der Waals surface area contributed by atoms with Crippen LogP contribution in [0.3, 0.4) is 0 Å². The molecule has 11 aromatic rings. The van der Waals surface area contributed by atoms with E-state index in [0.717, 1.165) is 66.5 Å². The molecule has 0 fully saturated rings. The van der Waals surface area contributed by atoms with Gasteiger partial charge in [-0.2, -0.15) is 10.5 Å². The molecule has 0 aliphatic rings. The van der Waals surface area contributed by atoms with Gasteiger partial charge in [0, 0.05) is 49.6 Å². The number of para-hydroxylation sites is 3. The summed E-state index contributed by atoms with van der Waals surface area (Å²) in [4.78, 5) is 9.88. The summed E-state index contributed by atoms with van der Waals surface area (Å²) in [7, 11) is 0. The van der Waals surface area contributed by atoms with Crippen molar-refractivity contribution in [2.45, 2.75) is 0 Å². The monoisotopic (exact) mass is 764 g/mol. The van der Waals surface area contributed by atoms with Crippen molar-refractivity contribution in [3.8, 4) is 68.5 Å². The highest BCUT2D eigenvalue weighted by atomic mass is 15.0. The molecule has 0 saturated heterocycles. The maximum atomic E-state index is 10.7. The van der Waals surface area contributed by atoms with Crippen molar-refractivity contribution in [2.24, 2.45) is 0 Å². The standard InChI is InChI=1S/C54H32N6/c55-33-39-29-38(53-47(34-56)52(35-15-5-1-6-16-35)57-54(58-53)36-17-7-2-8-18-36)26-27-42(39)37-25-28-44-46-31-45-43-23-13-14-24-48(43)59(40-19-9-3-10-20-40)50(45)32-51(46)60(49(44)30-37)41-21-11-4-12-22-41/h1-32H. The van der Waals surface area contributed by atoms with Crippen LogP contribution in [0.25, 0.3) is 100 Å². The van der Waals surface area contributed by atoms with Gasteiger partial charge in [-0.1, -0.05) is 140 Å². The number of fused-ring (bicyclic) bond motifs is 6. The van der Waals surface area contributed by atoms with Gasteiger partial charge in [-0.05, 0) is 65.7 Å². The van der Waals surface area contributed by atoms with Crippen molar-refractivity contribution in [1.82, 2.24) is 19.1 Å². The van der Waals surface area contributed by atoms with Crippen molar-refractivity contribution >= 4 is 43.6 Å². The molecule has 3 heterocycles. The fourth-order valence-corrected chi connectivity index (χ4v) is 8.69. The Hall–Kier alpha value is -8.58. The Morgan fingerprint density at radius 1 is 0.367 bits per heavy atom. The van der Waals surface area contributed by atoms with E-state index in [1.807, 2.05) is 84.9 Å². The van der Waals surface area contributed by atoms with E-state index in [0.29, 0.717) is 33.9 Å². The molecule has 0 saturated carbocycles. The number of hydrogen-bond donors (Lipinski definition) is 0. The molecule has 11 rings (SSSR count). The summed E-state index contributed by atoms with van der Waals surface area (Å²) in [5.41, 5.74) is 12.4. The highest BCUT2D eigenvalue weighted by Gasteiger charge is 2.22. The Balaban J connectivity index is 1.12. The SMILES string of the molecule is N#Cc1cc(-c2nc(-c3ccccc3)nc(-c3ccccc3)c2C#N)ccc1-c1ccc2c3cc4c5ccccc5n(-c5ccccc5)c4cc3n(-c3ccccc3)c2c1. The van der Waals surface area contributed by atoms with Crippen LogP contribution in [0.15, 0.2) is 194 Å². The lowest BCUT2D eigenvalue weighted by molar-refractivity contribution is 1.16. The predicted molar refractivity (Wildman–Crippen MR) is 242 cm³/mol. The zero-order chi connectivity index (χ0) is 40.2. The van der Waals surface area contributed by atoms with Gasteiger partial charge in [0.25, 0.3) is 0 Å². The Labute approximate surface area is 345 Å². The minimum atomic E-state index is 0.353. The fraction of sp³-hybridized carbons (Fsp3) is 0. The second-order valence-corrected chi connectivity index (χ2v) is 14.8. The summed E-state index contributed by atoms with van der Waals surface area (Å²) < 4.78 is 4.68. The molecule has 0 radical (unpaired) electrons. The topological polar surface area (TPSA) is 83.2 Å². The van der Waals surface area contributed by atoms with E-state index in [1.165, 1.54) is 10.8 Å². The van der Waals surface area contributed by atoms with Crippen LogP contribution in [-0.4, -0.2) is 19.1 Å². The quantitative estimate of drug-likeness (QED) is 0.169. The Bertz CT molecular complexity index is 3540. The summed E-state index contributed by atoms with van der Waals surface area (Å²) in [6.45, 7) is 0. The van der Waals surface area contributed by atoms with Gasteiger partial charge in [-0.25, -0.2) is 9.97 Å². The lowest BCUT2D eigenvalue weighted by Gasteiger charge is -2.14. The van der Waals surface area contributed by atoms with E-state index in [2.05, 4.69) is 130 Å². The van der Waals surface area contributed by atoms with Gasteiger partial charge in [0.15, 0.2) is 5.82 Å². The average molecular weight is 765 g/mol. The molecule has 0 aliphatic heterocycles. The van der Waals surface area contributed by atoms with Gasteiger partial charge in [-0.3, -0.25) is 0 Å². The van der Waals surface area contributed by atoms with Crippen LogP contribution in [0, 0.1) is 22.7 Å². The number of benzene rings is 8. The normalized spacial score (nSPS) is 11.3. The molecule has 60 heavy (non-hydrogen) atoms. The van der Waals surface area contributed by atoms with Crippen molar-refractivity contribution < 1.29 is 0 Å². The van der Waals surface area contributed by atoms with Gasteiger partial charge in [0.05, 0.1) is 45.1 Å². The highest BCUT2D eigenvalue weighted by molar-refractivity contribution is 6.19. The molecule has 6 nitrogen and oxygen atoms in total. The van der Waals surface area contributed by atoms with Crippen LogP contribution < -0.4 is 0 Å². The second-order valence-electron chi connectivity index (χ2n) is 14.8. The summed E-state index contributed by atoms with van der Waals surface area (Å²) in [5, 5.41) is 26.0. The van der Waals surface area contributed by atoms with Gasteiger partial charge in [0.2, 0.25) is 0 Å². The molecule has 0 N–H and O–H groups in total. The van der Waals surface area contributed by atoms with Crippen LogP contribution in [-0.2, 0) is 0 Å². The van der Waals surface area contributed by atoms with Crippen LogP contribution in [0.5, 0.6) is 0 Å². The second kappa shape index (κ2) is 14.1. The first-order valence-electron chi connectivity index (χ1n) is 19.8. The first-order valence-corrected chi connectivity index (χ1v) is 19.8. The van der Waals surface area contributed by atoms with Crippen molar-refractivity contribution in [1.29, 1.82) is 10.5 Å². The van der Waals surface area contributed by atoms with Crippen LogP contribution in [0.1, 0.15) is 11.1 Å². The smallest absolute Gasteiger partial charge is 0.160 e. The third-order valence-electron chi connectivity index (χ3n) is 11.4. The van der Waals surface area contributed by atoms with Gasteiger partial charge >= 0.3 is 0 Å². The molecule has 0 spiro atoms. The van der Waals surface area contributed by atoms with E-state index in [4.69, 9.17) is 9.97 Å². The van der Waals surface area contributed by atoms with Gasteiger partial charge in [0.1, 0.15) is 11.6 Å². The highest BCUT2D eigenvalue weighted by Crippen LogP contribution is 2.42. The van der Waals surface area contributed by atoms with E-state index < -0.39 is 0 Å². The summed E-state index contributed by atoms with van der Waals surface area (Å²) in [5.74, 6) is 0.506.